The van der Waals surface area contributed by atoms with Crippen LogP contribution in [0.3, 0.4) is 0 Å². The molecule has 0 N–H and O–H groups in total. The second-order valence-corrected chi connectivity index (χ2v) is 18.1. The summed E-state index contributed by atoms with van der Waals surface area (Å²) < 4.78 is 7.84. The lowest BCUT2D eigenvalue weighted by Crippen LogP contribution is -2.13. The number of para-hydroxylation sites is 3. The van der Waals surface area contributed by atoms with Gasteiger partial charge in [-0.1, -0.05) is 140 Å². The minimum Gasteiger partial charge on any atom is -0.309 e. The summed E-state index contributed by atoms with van der Waals surface area (Å²) in [6, 6.07) is 72.8. The Hall–Kier alpha value is -6.78. The van der Waals surface area contributed by atoms with E-state index in [1.807, 2.05) is 22.7 Å². The summed E-state index contributed by atoms with van der Waals surface area (Å²) in [4.78, 5) is 0. The molecule has 1 atom stereocenters. The topological polar surface area (TPSA) is 4.93 Å². The Labute approximate surface area is 349 Å². The molecule has 0 spiro atoms. The zero-order chi connectivity index (χ0) is 38.6. The first-order valence-electron chi connectivity index (χ1n) is 20.4. The molecule has 9 aromatic carbocycles. The summed E-state index contributed by atoms with van der Waals surface area (Å²) in [6.45, 7) is 0. The largest absolute Gasteiger partial charge is 0.309 e. The SMILES string of the molecule is c1ccc(-n2c3ccccc3c3cccc(-c4ccc5c(c4)CC(c4cc(-c6ccc7sc8ccccc8c7c6)c6sc7ccccc7c6c4)c4ccccc4-5)c32)cc1. The molecule has 0 bridgehead atoms. The molecule has 3 heteroatoms. The molecule has 1 nitrogen and oxygen atoms in total. The first-order valence-corrected chi connectivity index (χ1v) is 22.1. The quantitative estimate of drug-likeness (QED) is 0.167. The normalized spacial score (nSPS) is 13.9. The van der Waals surface area contributed by atoms with Crippen molar-refractivity contribution in [3.63, 3.8) is 0 Å². The fourth-order valence-corrected chi connectivity index (χ4v) is 12.4. The summed E-state index contributed by atoms with van der Waals surface area (Å²) in [5.74, 6) is 0.202. The van der Waals surface area contributed by atoms with Gasteiger partial charge in [0.2, 0.25) is 0 Å². The first-order chi connectivity index (χ1) is 29.2. The third kappa shape index (κ3) is 5.02. The molecule has 0 saturated heterocycles. The van der Waals surface area contributed by atoms with Crippen LogP contribution in [0, 0.1) is 0 Å². The van der Waals surface area contributed by atoms with E-state index in [-0.39, 0.29) is 5.92 Å². The smallest absolute Gasteiger partial charge is 0.0619 e. The molecule has 0 radical (unpaired) electrons. The van der Waals surface area contributed by atoms with Crippen molar-refractivity contribution >= 4 is 84.8 Å². The van der Waals surface area contributed by atoms with Crippen LogP contribution < -0.4 is 0 Å². The van der Waals surface area contributed by atoms with E-state index < -0.39 is 0 Å². The van der Waals surface area contributed by atoms with Gasteiger partial charge in [0.25, 0.3) is 0 Å². The van der Waals surface area contributed by atoms with E-state index in [0.29, 0.717) is 0 Å². The molecule has 0 amide bonds. The lowest BCUT2D eigenvalue weighted by atomic mass is 9.74. The van der Waals surface area contributed by atoms with Crippen molar-refractivity contribution in [3.05, 3.63) is 211 Å². The van der Waals surface area contributed by atoms with Gasteiger partial charge in [0.1, 0.15) is 0 Å². The number of hydrogen-bond donors (Lipinski definition) is 0. The fraction of sp³-hybridized carbons (Fsp3) is 0.0357. The Kier molecular flexibility index (Phi) is 7.24. The van der Waals surface area contributed by atoms with E-state index in [9.17, 15) is 0 Å². The van der Waals surface area contributed by atoms with Gasteiger partial charge in [0.05, 0.1) is 11.0 Å². The maximum absolute atomic E-state index is 2.53. The molecule has 0 saturated carbocycles. The van der Waals surface area contributed by atoms with Crippen LogP contribution in [0.15, 0.2) is 194 Å². The van der Waals surface area contributed by atoms with Crippen LogP contribution in [-0.4, -0.2) is 4.57 Å². The highest BCUT2D eigenvalue weighted by atomic mass is 32.1. The Bertz CT molecular complexity index is 3660. The van der Waals surface area contributed by atoms with Crippen LogP contribution in [0.1, 0.15) is 22.6 Å². The maximum atomic E-state index is 2.53. The van der Waals surface area contributed by atoms with Gasteiger partial charge in [0.15, 0.2) is 0 Å². The molecule has 0 fully saturated rings. The van der Waals surface area contributed by atoms with Crippen molar-refractivity contribution in [2.24, 2.45) is 0 Å². The van der Waals surface area contributed by atoms with Gasteiger partial charge in [-0.2, -0.15) is 0 Å². The highest BCUT2D eigenvalue weighted by Gasteiger charge is 2.28. The van der Waals surface area contributed by atoms with Gasteiger partial charge >= 0.3 is 0 Å². The number of fused-ring (bicyclic) bond motifs is 12. The third-order valence-electron chi connectivity index (χ3n) is 12.8. The number of thiophene rings is 2. The fourth-order valence-electron chi connectivity index (χ4n) is 10.1. The van der Waals surface area contributed by atoms with Gasteiger partial charge in [-0.15, -0.1) is 22.7 Å². The predicted octanol–water partition coefficient (Wildman–Crippen LogP) is 16.2. The minimum atomic E-state index is 0.202. The van der Waals surface area contributed by atoms with E-state index in [1.165, 1.54) is 118 Å². The predicted molar refractivity (Wildman–Crippen MR) is 255 cm³/mol. The summed E-state index contributed by atoms with van der Waals surface area (Å²) >= 11 is 3.81. The van der Waals surface area contributed by atoms with Gasteiger partial charge in [-0.25, -0.2) is 0 Å². The van der Waals surface area contributed by atoms with E-state index in [0.717, 1.165) is 6.42 Å². The van der Waals surface area contributed by atoms with Crippen molar-refractivity contribution in [3.8, 4) is 39.1 Å². The van der Waals surface area contributed by atoms with E-state index in [4.69, 9.17) is 0 Å². The summed E-state index contributed by atoms with van der Waals surface area (Å²) in [5.41, 5.74) is 15.6. The maximum Gasteiger partial charge on any atom is 0.0619 e. The molecule has 3 heterocycles. The number of nitrogens with zero attached hydrogens (tertiary/aromatic N) is 1. The van der Waals surface area contributed by atoms with Crippen LogP contribution in [0.5, 0.6) is 0 Å². The van der Waals surface area contributed by atoms with Crippen LogP contribution in [0.2, 0.25) is 0 Å². The second-order valence-electron chi connectivity index (χ2n) is 16.0. The molecule has 0 aliphatic heterocycles. The van der Waals surface area contributed by atoms with Crippen LogP contribution in [0.4, 0.5) is 0 Å². The Balaban J connectivity index is 1.01. The van der Waals surface area contributed by atoms with Gasteiger partial charge < -0.3 is 4.57 Å². The van der Waals surface area contributed by atoms with E-state index in [2.05, 4.69) is 199 Å². The number of aromatic nitrogens is 1. The monoisotopic (exact) mass is 785 g/mol. The Morgan fingerprint density at radius 1 is 0.407 bits per heavy atom. The lowest BCUT2D eigenvalue weighted by molar-refractivity contribution is 0.795. The molecule has 1 aliphatic carbocycles. The molecule has 1 aliphatic rings. The van der Waals surface area contributed by atoms with Gasteiger partial charge in [-0.05, 0) is 106 Å². The first kappa shape index (κ1) is 33.2. The van der Waals surface area contributed by atoms with Crippen molar-refractivity contribution in [1.29, 1.82) is 0 Å². The summed E-state index contributed by atoms with van der Waals surface area (Å²) in [7, 11) is 0. The average Bonchev–Trinajstić information content (AvgIpc) is 3.98. The molecule has 59 heavy (non-hydrogen) atoms. The summed E-state index contributed by atoms with van der Waals surface area (Å²) in [6.07, 6.45) is 0.930. The number of rotatable bonds is 4. The van der Waals surface area contributed by atoms with E-state index >= 15 is 0 Å². The molecule has 1 unspecified atom stereocenters. The van der Waals surface area contributed by atoms with Gasteiger partial charge in [-0.3, -0.25) is 0 Å². The Morgan fingerprint density at radius 2 is 1.07 bits per heavy atom. The van der Waals surface area contributed by atoms with Crippen LogP contribution in [0.25, 0.3) is 101 Å². The standard InChI is InChI=1S/C56H35NS2/c1-2-13-38(14-3-1)57-51-22-9-6-17-43(51)46-21-12-20-40(55(46)57)34-25-27-39-36(29-34)31-47(42-16-5-4-15-41(39)42)37-32-48(56-50(33-37)45-19-8-11-24-53(45)59-56)35-26-28-54-49(30-35)44-18-7-10-23-52(44)58-54/h1-30,32-33,47H,31H2. The van der Waals surface area contributed by atoms with Crippen molar-refractivity contribution < 1.29 is 0 Å². The molecular weight excluding hydrogens is 751 g/mol. The van der Waals surface area contributed by atoms with Gasteiger partial charge in [0, 0.05) is 68.3 Å². The van der Waals surface area contributed by atoms with Crippen molar-refractivity contribution in [1.82, 2.24) is 4.57 Å². The van der Waals surface area contributed by atoms with Crippen molar-refractivity contribution in [2.45, 2.75) is 12.3 Å². The lowest BCUT2D eigenvalue weighted by Gasteiger charge is -2.29. The van der Waals surface area contributed by atoms with Crippen LogP contribution >= 0.6 is 22.7 Å². The zero-order valence-electron chi connectivity index (χ0n) is 32.0. The van der Waals surface area contributed by atoms with E-state index in [1.54, 1.807) is 0 Å². The highest BCUT2D eigenvalue weighted by Crippen LogP contribution is 2.49. The molecule has 3 aromatic heterocycles. The third-order valence-corrected chi connectivity index (χ3v) is 15.1. The minimum absolute atomic E-state index is 0.202. The Morgan fingerprint density at radius 3 is 1.95 bits per heavy atom. The molecular formula is C56H35NS2. The molecule has 12 aromatic rings. The summed E-state index contributed by atoms with van der Waals surface area (Å²) in [5, 5.41) is 7.93. The molecule has 13 rings (SSSR count). The average molecular weight is 786 g/mol. The number of benzene rings is 9. The number of hydrogen-bond acceptors (Lipinski definition) is 2. The van der Waals surface area contributed by atoms with Crippen LogP contribution in [-0.2, 0) is 6.42 Å². The van der Waals surface area contributed by atoms with Crippen molar-refractivity contribution in [2.75, 3.05) is 0 Å². The zero-order valence-corrected chi connectivity index (χ0v) is 33.7. The highest BCUT2D eigenvalue weighted by molar-refractivity contribution is 7.26. The second kappa shape index (κ2) is 12.9. The molecule has 276 valence electrons.